The van der Waals surface area contributed by atoms with Gasteiger partial charge in [-0.15, -0.1) is 0 Å². The molecule has 1 aliphatic rings. The molecule has 0 aromatic carbocycles. The van der Waals surface area contributed by atoms with Crippen LogP contribution in [-0.2, 0) is 4.79 Å². The maximum Gasteiger partial charge on any atom is 0.154 e. The van der Waals surface area contributed by atoms with E-state index >= 15 is 0 Å². The number of hydrogen-bond acceptors (Lipinski definition) is 1. The van der Waals surface area contributed by atoms with Crippen molar-refractivity contribution in [2.45, 2.75) is 31.5 Å². The predicted octanol–water partition coefficient (Wildman–Crippen LogP) is 3.55. The van der Waals surface area contributed by atoms with E-state index in [-0.39, 0.29) is 17.5 Å². The van der Waals surface area contributed by atoms with Gasteiger partial charge in [0.15, 0.2) is 5.78 Å². The van der Waals surface area contributed by atoms with Gasteiger partial charge in [-0.05, 0) is 26.7 Å². The zero-order chi connectivity index (χ0) is 10.7. The van der Waals surface area contributed by atoms with Gasteiger partial charge in [-0.25, -0.2) is 4.39 Å². The van der Waals surface area contributed by atoms with Crippen molar-refractivity contribution >= 4 is 21.7 Å². The van der Waals surface area contributed by atoms with Gasteiger partial charge < -0.3 is 0 Å². The van der Waals surface area contributed by atoms with Crippen molar-refractivity contribution in [3.05, 3.63) is 23.6 Å². The molecule has 0 heterocycles. The third-order valence-corrected chi connectivity index (χ3v) is 3.19. The lowest BCUT2D eigenvalue weighted by molar-refractivity contribution is -0.119. The van der Waals surface area contributed by atoms with Gasteiger partial charge >= 0.3 is 0 Å². The second-order valence-electron chi connectivity index (χ2n) is 3.53. The number of ketones is 1. The Labute approximate surface area is 92.2 Å². The average molecular weight is 261 g/mol. The summed E-state index contributed by atoms with van der Waals surface area (Å²) >= 11 is 3.25. The highest BCUT2D eigenvalue weighted by atomic mass is 79.9. The molecule has 0 aromatic heterocycles. The first-order chi connectivity index (χ1) is 6.57. The predicted molar refractivity (Wildman–Crippen MR) is 59.1 cm³/mol. The third kappa shape index (κ3) is 2.77. The molecule has 0 aromatic rings. The molecule has 0 spiro atoms. The molecule has 0 bridgehead atoms. The first-order valence-corrected chi connectivity index (χ1v) is 5.66. The molecule has 3 heteroatoms. The largest absolute Gasteiger partial charge is 0.298 e. The van der Waals surface area contributed by atoms with Crippen molar-refractivity contribution in [1.29, 1.82) is 0 Å². The fourth-order valence-corrected chi connectivity index (χ4v) is 2.12. The summed E-state index contributed by atoms with van der Waals surface area (Å²) in [5, 5.41) is 0. The number of allylic oxidation sites excluding steroid dienone is 4. The van der Waals surface area contributed by atoms with Gasteiger partial charge in [0.05, 0.1) is 0 Å². The minimum Gasteiger partial charge on any atom is -0.298 e. The van der Waals surface area contributed by atoms with Crippen LogP contribution in [0.4, 0.5) is 4.39 Å². The summed E-state index contributed by atoms with van der Waals surface area (Å²) in [4.78, 5) is 11.2. The van der Waals surface area contributed by atoms with Crippen LogP contribution in [0.5, 0.6) is 0 Å². The van der Waals surface area contributed by atoms with E-state index in [0.717, 1.165) is 12.8 Å². The van der Waals surface area contributed by atoms with Gasteiger partial charge in [-0.3, -0.25) is 4.79 Å². The second kappa shape index (κ2) is 4.87. The molecule has 1 aliphatic carbocycles. The van der Waals surface area contributed by atoms with Crippen molar-refractivity contribution < 1.29 is 9.18 Å². The molecule has 0 radical (unpaired) electrons. The lowest BCUT2D eigenvalue weighted by Gasteiger charge is -2.09. The molecule has 14 heavy (non-hydrogen) atoms. The monoisotopic (exact) mass is 260 g/mol. The highest BCUT2D eigenvalue weighted by Gasteiger charge is 2.35. The summed E-state index contributed by atoms with van der Waals surface area (Å²) in [7, 11) is 0. The number of rotatable bonds is 4. The van der Waals surface area contributed by atoms with E-state index in [4.69, 9.17) is 0 Å². The van der Waals surface area contributed by atoms with Crippen LogP contribution in [-0.4, -0.2) is 10.6 Å². The Kier molecular flexibility index (Phi) is 4.05. The summed E-state index contributed by atoms with van der Waals surface area (Å²) in [6.07, 6.45) is 5.30. The van der Waals surface area contributed by atoms with E-state index in [1.54, 1.807) is 12.2 Å². The zero-order valence-corrected chi connectivity index (χ0v) is 9.97. The van der Waals surface area contributed by atoms with Crippen molar-refractivity contribution in [3.63, 3.8) is 0 Å². The summed E-state index contributed by atoms with van der Waals surface area (Å²) in [6.45, 7) is 3.19. The summed E-state index contributed by atoms with van der Waals surface area (Å²) < 4.78 is 13.1. The Hall–Kier alpha value is -0.440. The van der Waals surface area contributed by atoms with Crippen molar-refractivity contribution in [3.8, 4) is 0 Å². The van der Waals surface area contributed by atoms with E-state index < -0.39 is 4.83 Å². The highest BCUT2D eigenvalue weighted by molar-refractivity contribution is 9.10. The first-order valence-electron chi connectivity index (χ1n) is 4.74. The van der Waals surface area contributed by atoms with Gasteiger partial charge in [-0.2, -0.15) is 0 Å². The molecule has 1 rings (SSSR count). The van der Waals surface area contributed by atoms with E-state index in [0.29, 0.717) is 5.57 Å². The quantitative estimate of drug-likeness (QED) is 0.558. The standard InChI is InChI=1S/C11H14BrFO/c1-3-4-9(7(2)13)10(12)11(14)8-5-6-8/h3-4,8,10H,5-6H2,1-2H3/b4-3-,9-7-. The Morgan fingerprint density at radius 2 is 2.14 bits per heavy atom. The summed E-state index contributed by atoms with van der Waals surface area (Å²) in [5.41, 5.74) is 0.449. The molecule has 1 fully saturated rings. The maximum atomic E-state index is 13.1. The van der Waals surface area contributed by atoms with Gasteiger partial charge in [0.1, 0.15) is 10.7 Å². The second-order valence-corrected chi connectivity index (χ2v) is 4.44. The molecule has 0 amide bonds. The van der Waals surface area contributed by atoms with E-state index in [2.05, 4.69) is 15.9 Å². The normalized spacial score (nSPS) is 20.9. The molecular formula is C11H14BrFO. The van der Waals surface area contributed by atoms with Crippen LogP contribution < -0.4 is 0 Å². The SMILES string of the molecule is C/C=C\C(=C(/C)F)C(Br)C(=O)C1CC1. The Bertz CT molecular complexity index is 286. The molecule has 0 saturated heterocycles. The summed E-state index contributed by atoms with van der Waals surface area (Å²) in [5.74, 6) is -0.0342. The molecule has 1 unspecified atom stereocenters. The molecule has 1 saturated carbocycles. The first kappa shape index (κ1) is 11.6. The topological polar surface area (TPSA) is 17.1 Å². The zero-order valence-electron chi connectivity index (χ0n) is 8.39. The van der Waals surface area contributed by atoms with Crippen LogP contribution in [0.3, 0.4) is 0 Å². The van der Waals surface area contributed by atoms with Gasteiger partial charge in [0.25, 0.3) is 0 Å². The van der Waals surface area contributed by atoms with Crippen molar-refractivity contribution in [1.82, 2.24) is 0 Å². The maximum absolute atomic E-state index is 13.1. The minimum atomic E-state index is -0.476. The Balaban J connectivity index is 2.78. The number of Topliss-reactive ketones (excluding diaryl/α,β-unsaturated/α-hetero) is 1. The van der Waals surface area contributed by atoms with E-state index in [1.807, 2.05) is 6.92 Å². The fourth-order valence-electron chi connectivity index (χ4n) is 1.28. The van der Waals surface area contributed by atoms with Crippen LogP contribution in [0.2, 0.25) is 0 Å². The van der Waals surface area contributed by atoms with Crippen molar-refractivity contribution in [2.24, 2.45) is 5.92 Å². The molecule has 0 aliphatic heterocycles. The van der Waals surface area contributed by atoms with Crippen LogP contribution >= 0.6 is 15.9 Å². The smallest absolute Gasteiger partial charge is 0.154 e. The van der Waals surface area contributed by atoms with Gasteiger partial charge in [0.2, 0.25) is 0 Å². The fraction of sp³-hybridized carbons (Fsp3) is 0.545. The van der Waals surface area contributed by atoms with E-state index in [9.17, 15) is 9.18 Å². The number of alkyl halides is 1. The molecule has 78 valence electrons. The average Bonchev–Trinajstić information content (AvgIpc) is 2.94. The lowest BCUT2D eigenvalue weighted by atomic mass is 10.1. The van der Waals surface area contributed by atoms with Crippen LogP contribution in [0, 0.1) is 5.92 Å². The van der Waals surface area contributed by atoms with Gasteiger partial charge in [0, 0.05) is 11.5 Å². The highest BCUT2D eigenvalue weighted by Crippen LogP contribution is 2.35. The van der Waals surface area contributed by atoms with Crippen LogP contribution in [0.1, 0.15) is 26.7 Å². The summed E-state index contributed by atoms with van der Waals surface area (Å²) in [6, 6.07) is 0. The molecular weight excluding hydrogens is 247 g/mol. The molecule has 1 nitrogen and oxygen atoms in total. The molecule has 1 atom stereocenters. The van der Waals surface area contributed by atoms with E-state index in [1.165, 1.54) is 6.92 Å². The van der Waals surface area contributed by atoms with Crippen LogP contribution in [0.15, 0.2) is 23.6 Å². The number of hydrogen-bond donors (Lipinski definition) is 0. The van der Waals surface area contributed by atoms with Gasteiger partial charge in [-0.1, -0.05) is 28.1 Å². The van der Waals surface area contributed by atoms with Crippen LogP contribution in [0.25, 0.3) is 0 Å². The Morgan fingerprint density at radius 1 is 1.57 bits per heavy atom. The number of halogens is 2. The number of carbonyl (C=O) groups is 1. The number of carbonyl (C=O) groups excluding carboxylic acids is 1. The molecule has 0 N–H and O–H groups in total. The minimum absolute atomic E-state index is 0.107. The third-order valence-electron chi connectivity index (χ3n) is 2.25. The van der Waals surface area contributed by atoms with Crippen molar-refractivity contribution in [2.75, 3.05) is 0 Å². The Morgan fingerprint density at radius 3 is 2.50 bits per heavy atom. The lowest BCUT2D eigenvalue weighted by Crippen LogP contribution is -2.18.